The van der Waals surface area contributed by atoms with Gasteiger partial charge in [0.05, 0.1) is 11.6 Å². The van der Waals surface area contributed by atoms with E-state index in [9.17, 15) is 0 Å². The molecule has 16 heavy (non-hydrogen) atoms. The van der Waals surface area contributed by atoms with E-state index < -0.39 is 0 Å². The molecule has 0 spiro atoms. The second-order valence-corrected chi connectivity index (χ2v) is 5.66. The SMILES string of the molecule is CC(C)(CCOc1ccc(Br)cc1)C(N)=S. The molecule has 0 fully saturated rings. The summed E-state index contributed by atoms with van der Waals surface area (Å²) in [5.41, 5.74) is 5.49. The number of ether oxygens (including phenoxy) is 1. The molecular weight excluding hydrogens is 286 g/mol. The van der Waals surface area contributed by atoms with Crippen molar-refractivity contribution in [2.45, 2.75) is 20.3 Å². The lowest BCUT2D eigenvalue weighted by Crippen LogP contribution is -2.31. The van der Waals surface area contributed by atoms with Gasteiger partial charge >= 0.3 is 0 Å². The van der Waals surface area contributed by atoms with E-state index in [0.29, 0.717) is 11.6 Å². The van der Waals surface area contributed by atoms with Gasteiger partial charge in [-0.25, -0.2) is 0 Å². The first-order chi connectivity index (χ1) is 7.42. The van der Waals surface area contributed by atoms with Crippen molar-refractivity contribution in [3.05, 3.63) is 28.7 Å². The summed E-state index contributed by atoms with van der Waals surface area (Å²) >= 11 is 8.37. The van der Waals surface area contributed by atoms with Crippen LogP contribution in [0.4, 0.5) is 0 Å². The third kappa shape index (κ3) is 4.10. The Morgan fingerprint density at radius 2 is 1.94 bits per heavy atom. The summed E-state index contributed by atoms with van der Waals surface area (Å²) in [6.07, 6.45) is 0.818. The van der Waals surface area contributed by atoms with Crippen molar-refractivity contribution < 1.29 is 4.74 Å². The van der Waals surface area contributed by atoms with Crippen molar-refractivity contribution in [1.29, 1.82) is 0 Å². The van der Waals surface area contributed by atoms with Gasteiger partial charge in [0.1, 0.15) is 5.75 Å². The number of nitrogens with two attached hydrogens (primary N) is 1. The maximum atomic E-state index is 5.64. The third-order valence-corrected chi connectivity index (χ3v) is 3.56. The molecule has 0 heterocycles. The van der Waals surface area contributed by atoms with Crippen LogP contribution in [0.1, 0.15) is 20.3 Å². The normalized spacial score (nSPS) is 11.2. The first-order valence-corrected chi connectivity index (χ1v) is 6.30. The van der Waals surface area contributed by atoms with Crippen molar-refractivity contribution in [3.63, 3.8) is 0 Å². The van der Waals surface area contributed by atoms with Crippen LogP contribution >= 0.6 is 28.1 Å². The first kappa shape index (κ1) is 13.5. The van der Waals surface area contributed by atoms with E-state index in [0.717, 1.165) is 16.6 Å². The van der Waals surface area contributed by atoms with Crippen molar-refractivity contribution in [3.8, 4) is 5.75 Å². The van der Waals surface area contributed by atoms with Crippen LogP contribution in [0.15, 0.2) is 28.7 Å². The van der Waals surface area contributed by atoms with Crippen LogP contribution in [-0.2, 0) is 0 Å². The predicted octanol–water partition coefficient (Wildman–Crippen LogP) is 3.53. The maximum Gasteiger partial charge on any atom is 0.119 e. The molecule has 0 amide bonds. The molecule has 0 aliphatic carbocycles. The molecule has 1 aromatic carbocycles. The predicted molar refractivity (Wildman–Crippen MR) is 74.8 cm³/mol. The fraction of sp³-hybridized carbons (Fsp3) is 0.417. The van der Waals surface area contributed by atoms with Gasteiger partial charge in [0.15, 0.2) is 0 Å². The molecule has 0 saturated heterocycles. The summed E-state index contributed by atoms with van der Waals surface area (Å²) in [5, 5.41) is 0. The van der Waals surface area contributed by atoms with Crippen LogP contribution in [0.5, 0.6) is 5.75 Å². The lowest BCUT2D eigenvalue weighted by Gasteiger charge is -2.22. The monoisotopic (exact) mass is 301 g/mol. The summed E-state index contributed by atoms with van der Waals surface area (Å²) in [6, 6.07) is 7.76. The van der Waals surface area contributed by atoms with E-state index >= 15 is 0 Å². The zero-order chi connectivity index (χ0) is 12.2. The zero-order valence-electron chi connectivity index (χ0n) is 9.50. The molecule has 4 heteroatoms. The minimum Gasteiger partial charge on any atom is -0.494 e. The lowest BCUT2D eigenvalue weighted by atomic mass is 9.90. The number of halogens is 1. The van der Waals surface area contributed by atoms with Crippen molar-refractivity contribution in [2.75, 3.05) is 6.61 Å². The molecule has 0 aromatic heterocycles. The number of thiocarbonyl (C=S) groups is 1. The van der Waals surface area contributed by atoms with E-state index in [-0.39, 0.29) is 5.41 Å². The second kappa shape index (κ2) is 5.64. The van der Waals surface area contributed by atoms with E-state index in [4.69, 9.17) is 22.7 Å². The minimum atomic E-state index is -0.148. The Balaban J connectivity index is 2.41. The van der Waals surface area contributed by atoms with Gasteiger partial charge < -0.3 is 10.5 Å². The van der Waals surface area contributed by atoms with Gasteiger partial charge in [-0.3, -0.25) is 0 Å². The molecule has 1 rings (SSSR count). The molecule has 0 atom stereocenters. The highest BCUT2D eigenvalue weighted by atomic mass is 79.9. The molecule has 0 unspecified atom stereocenters. The smallest absolute Gasteiger partial charge is 0.119 e. The van der Waals surface area contributed by atoms with Crippen molar-refractivity contribution >= 4 is 33.1 Å². The quantitative estimate of drug-likeness (QED) is 0.845. The number of benzene rings is 1. The van der Waals surface area contributed by atoms with Crippen LogP contribution in [0, 0.1) is 5.41 Å². The molecule has 1 aromatic rings. The average molecular weight is 302 g/mol. The van der Waals surface area contributed by atoms with Gasteiger partial charge in [-0.2, -0.15) is 0 Å². The molecular formula is C12H16BrNOS. The second-order valence-electron chi connectivity index (χ2n) is 4.30. The molecule has 0 aliphatic rings. The Hall–Kier alpha value is -0.610. The van der Waals surface area contributed by atoms with Gasteiger partial charge in [-0.05, 0) is 30.7 Å². The van der Waals surface area contributed by atoms with Gasteiger partial charge in [-0.15, -0.1) is 0 Å². The summed E-state index contributed by atoms with van der Waals surface area (Å²) in [5.74, 6) is 0.863. The highest BCUT2D eigenvalue weighted by molar-refractivity contribution is 9.10. The molecule has 0 bridgehead atoms. The fourth-order valence-corrected chi connectivity index (χ4v) is 1.44. The van der Waals surface area contributed by atoms with Gasteiger partial charge in [-0.1, -0.05) is 42.0 Å². The highest BCUT2D eigenvalue weighted by Crippen LogP contribution is 2.22. The average Bonchev–Trinajstić information content (AvgIpc) is 2.20. The summed E-state index contributed by atoms with van der Waals surface area (Å²) in [4.78, 5) is 0.534. The summed E-state index contributed by atoms with van der Waals surface area (Å²) in [6.45, 7) is 4.67. The van der Waals surface area contributed by atoms with Crippen LogP contribution < -0.4 is 10.5 Å². The Morgan fingerprint density at radius 3 is 2.44 bits per heavy atom. The standard InChI is InChI=1S/C12H16BrNOS/c1-12(2,11(14)16)7-8-15-10-5-3-9(13)4-6-10/h3-6H,7-8H2,1-2H3,(H2,14,16). The number of hydrogen-bond acceptors (Lipinski definition) is 2. The van der Waals surface area contributed by atoms with Crippen molar-refractivity contribution in [2.24, 2.45) is 11.1 Å². The molecule has 2 N–H and O–H groups in total. The van der Waals surface area contributed by atoms with Crippen LogP contribution in [-0.4, -0.2) is 11.6 Å². The van der Waals surface area contributed by atoms with E-state index in [1.54, 1.807) is 0 Å². The molecule has 88 valence electrons. The van der Waals surface area contributed by atoms with Gasteiger partial charge in [0.25, 0.3) is 0 Å². The Bertz CT molecular complexity index is 362. The lowest BCUT2D eigenvalue weighted by molar-refractivity contribution is 0.270. The van der Waals surface area contributed by atoms with E-state index in [1.807, 2.05) is 38.1 Å². The Labute approximate surface area is 110 Å². The topological polar surface area (TPSA) is 35.2 Å². The Morgan fingerprint density at radius 1 is 1.38 bits per heavy atom. The maximum absolute atomic E-state index is 5.64. The molecule has 0 radical (unpaired) electrons. The number of hydrogen-bond donors (Lipinski definition) is 1. The number of rotatable bonds is 5. The third-order valence-electron chi connectivity index (χ3n) is 2.48. The highest BCUT2D eigenvalue weighted by Gasteiger charge is 2.20. The van der Waals surface area contributed by atoms with Gasteiger partial charge in [0.2, 0.25) is 0 Å². The van der Waals surface area contributed by atoms with Crippen LogP contribution in [0.25, 0.3) is 0 Å². The largest absolute Gasteiger partial charge is 0.494 e. The molecule has 2 nitrogen and oxygen atoms in total. The summed E-state index contributed by atoms with van der Waals surface area (Å²) in [7, 11) is 0. The van der Waals surface area contributed by atoms with E-state index in [1.165, 1.54) is 0 Å². The fourth-order valence-electron chi connectivity index (χ4n) is 1.08. The van der Waals surface area contributed by atoms with E-state index in [2.05, 4.69) is 15.9 Å². The first-order valence-electron chi connectivity index (χ1n) is 5.10. The van der Waals surface area contributed by atoms with Crippen LogP contribution in [0.3, 0.4) is 0 Å². The molecule has 0 saturated carbocycles. The molecule has 0 aliphatic heterocycles. The Kier molecular flexibility index (Phi) is 4.74. The minimum absolute atomic E-state index is 0.148. The summed E-state index contributed by atoms with van der Waals surface area (Å²) < 4.78 is 6.66. The van der Waals surface area contributed by atoms with Gasteiger partial charge in [0, 0.05) is 9.89 Å². The zero-order valence-corrected chi connectivity index (χ0v) is 11.9. The van der Waals surface area contributed by atoms with Crippen molar-refractivity contribution in [1.82, 2.24) is 0 Å². The van der Waals surface area contributed by atoms with Crippen LogP contribution in [0.2, 0.25) is 0 Å².